The molecule has 0 aliphatic rings. The molecule has 0 atom stereocenters. The van der Waals surface area contributed by atoms with E-state index in [0.717, 1.165) is 34.9 Å². The zero-order valence-electron chi connectivity index (χ0n) is 11.5. The number of alkyl halides is 1. The van der Waals surface area contributed by atoms with E-state index >= 15 is 0 Å². The molecule has 0 saturated heterocycles. The smallest absolute Gasteiger partial charge is 0.159 e. The Morgan fingerprint density at radius 1 is 1.40 bits per heavy atom. The summed E-state index contributed by atoms with van der Waals surface area (Å²) in [6.45, 7) is 2.67. The largest absolute Gasteiger partial charge is 0.359 e. The predicted octanol–water partition coefficient (Wildman–Crippen LogP) is 2.15. The Balaban J connectivity index is 2.15. The molecule has 0 saturated carbocycles. The van der Waals surface area contributed by atoms with Crippen LogP contribution in [-0.4, -0.2) is 30.4 Å². The Morgan fingerprint density at radius 3 is 2.90 bits per heavy atom. The van der Waals surface area contributed by atoms with Crippen LogP contribution < -0.4 is 0 Å². The van der Waals surface area contributed by atoms with E-state index in [2.05, 4.69) is 21.7 Å². The Labute approximate surface area is 121 Å². The van der Waals surface area contributed by atoms with Crippen LogP contribution >= 0.6 is 11.6 Å². The molecule has 0 fully saturated rings. The second-order valence-corrected chi connectivity index (χ2v) is 5.01. The fourth-order valence-electron chi connectivity index (χ4n) is 2.45. The molecule has 0 radical (unpaired) electrons. The van der Waals surface area contributed by atoms with Crippen molar-refractivity contribution in [3.63, 3.8) is 0 Å². The number of halogens is 1. The second-order valence-electron chi connectivity index (χ2n) is 4.63. The third-order valence-electron chi connectivity index (χ3n) is 3.33. The highest BCUT2D eigenvalue weighted by Crippen LogP contribution is 2.21. The topological polar surface area (TPSA) is 61.7 Å². The fraction of sp³-hybridized carbons (Fsp3) is 0.462. The summed E-state index contributed by atoms with van der Waals surface area (Å²) in [7, 11) is 1.94. The van der Waals surface area contributed by atoms with Gasteiger partial charge in [0, 0.05) is 25.4 Å². The summed E-state index contributed by atoms with van der Waals surface area (Å²) < 4.78 is 9.17. The lowest BCUT2D eigenvalue weighted by Gasteiger charge is -2.06. The Morgan fingerprint density at radius 2 is 2.25 bits per heavy atom. The van der Waals surface area contributed by atoms with Gasteiger partial charge in [-0.05, 0) is 6.42 Å². The van der Waals surface area contributed by atoms with E-state index in [9.17, 15) is 0 Å². The first-order valence-electron chi connectivity index (χ1n) is 6.61. The van der Waals surface area contributed by atoms with Crippen molar-refractivity contribution in [2.75, 3.05) is 5.88 Å². The predicted molar refractivity (Wildman–Crippen MR) is 75.9 cm³/mol. The van der Waals surface area contributed by atoms with Crippen molar-refractivity contribution >= 4 is 22.8 Å². The second kappa shape index (κ2) is 5.28. The van der Waals surface area contributed by atoms with Crippen LogP contribution in [0.25, 0.3) is 11.2 Å². The summed E-state index contributed by atoms with van der Waals surface area (Å²) in [5, 5.41) is 8.26. The molecule has 0 aromatic carbocycles. The van der Waals surface area contributed by atoms with E-state index in [4.69, 9.17) is 21.1 Å². The average molecular weight is 294 g/mol. The third kappa shape index (κ3) is 2.10. The molecule has 106 valence electrons. The van der Waals surface area contributed by atoms with Crippen LogP contribution in [0.3, 0.4) is 0 Å². The first-order valence-corrected chi connectivity index (χ1v) is 7.14. The molecule has 3 rings (SSSR count). The zero-order valence-corrected chi connectivity index (χ0v) is 12.3. The van der Waals surface area contributed by atoms with Crippen LogP contribution in [0.2, 0.25) is 0 Å². The highest BCUT2D eigenvalue weighted by Gasteiger charge is 2.19. The summed E-state index contributed by atoms with van der Waals surface area (Å²) in [5.41, 5.74) is 2.96. The number of aromatic nitrogens is 5. The SMILES string of the molecule is CCc1nn(C)c2c1nc(CCCl)n2Cc1ccno1. The minimum atomic E-state index is 0.536. The van der Waals surface area contributed by atoms with Gasteiger partial charge >= 0.3 is 0 Å². The van der Waals surface area contributed by atoms with E-state index in [-0.39, 0.29) is 0 Å². The van der Waals surface area contributed by atoms with Gasteiger partial charge in [0.2, 0.25) is 0 Å². The fourth-order valence-corrected chi connectivity index (χ4v) is 2.62. The van der Waals surface area contributed by atoms with Crippen molar-refractivity contribution in [3.8, 4) is 0 Å². The molecule has 3 aromatic heterocycles. The van der Waals surface area contributed by atoms with Gasteiger partial charge in [0.1, 0.15) is 11.3 Å². The van der Waals surface area contributed by atoms with Crippen LogP contribution in [0.15, 0.2) is 16.8 Å². The van der Waals surface area contributed by atoms with Crippen molar-refractivity contribution < 1.29 is 4.52 Å². The van der Waals surface area contributed by atoms with Crippen molar-refractivity contribution in [1.82, 2.24) is 24.5 Å². The molecule has 0 bridgehead atoms. The van der Waals surface area contributed by atoms with Gasteiger partial charge in [0.25, 0.3) is 0 Å². The molecule has 0 spiro atoms. The van der Waals surface area contributed by atoms with E-state index in [0.29, 0.717) is 18.8 Å². The van der Waals surface area contributed by atoms with E-state index < -0.39 is 0 Å². The number of imidazole rings is 1. The maximum Gasteiger partial charge on any atom is 0.159 e. The lowest BCUT2D eigenvalue weighted by Crippen LogP contribution is -2.08. The standard InChI is InChI=1S/C13H16ClN5O/c1-3-10-12-13(18(2)17-10)19(11(16-12)4-6-14)8-9-5-7-15-20-9/h5,7H,3-4,6,8H2,1-2H3. The molecule has 3 heterocycles. The van der Waals surface area contributed by atoms with Crippen LogP contribution in [0.4, 0.5) is 0 Å². The van der Waals surface area contributed by atoms with Gasteiger partial charge in [0.05, 0.1) is 18.4 Å². The van der Waals surface area contributed by atoms with Crippen LogP contribution in [0, 0.1) is 0 Å². The molecule has 0 aliphatic heterocycles. The maximum atomic E-state index is 5.89. The lowest BCUT2D eigenvalue weighted by molar-refractivity contribution is 0.375. The summed E-state index contributed by atoms with van der Waals surface area (Å²) in [4.78, 5) is 4.71. The number of aryl methyl sites for hydroxylation is 3. The molecule has 0 aliphatic carbocycles. The molecule has 0 amide bonds. The molecule has 6 nitrogen and oxygen atoms in total. The minimum Gasteiger partial charge on any atom is -0.359 e. The monoisotopic (exact) mass is 293 g/mol. The first kappa shape index (κ1) is 13.2. The molecular formula is C13H16ClN5O. The number of fused-ring (bicyclic) bond motifs is 1. The molecule has 0 N–H and O–H groups in total. The number of hydrogen-bond acceptors (Lipinski definition) is 4. The van der Waals surface area contributed by atoms with Crippen LogP contribution in [0.5, 0.6) is 0 Å². The normalized spacial score (nSPS) is 11.6. The van der Waals surface area contributed by atoms with Crippen molar-refractivity contribution in [1.29, 1.82) is 0 Å². The number of nitrogens with zero attached hydrogens (tertiary/aromatic N) is 5. The van der Waals surface area contributed by atoms with E-state index in [1.54, 1.807) is 6.20 Å². The van der Waals surface area contributed by atoms with E-state index in [1.807, 2.05) is 17.8 Å². The van der Waals surface area contributed by atoms with E-state index in [1.165, 1.54) is 0 Å². The van der Waals surface area contributed by atoms with Crippen LogP contribution in [0.1, 0.15) is 24.2 Å². The molecule has 7 heteroatoms. The molecular weight excluding hydrogens is 278 g/mol. The zero-order chi connectivity index (χ0) is 14.1. The van der Waals surface area contributed by atoms with Crippen molar-refractivity contribution in [2.24, 2.45) is 7.05 Å². The molecule has 0 unspecified atom stereocenters. The average Bonchev–Trinajstić information content (AvgIpc) is 3.11. The van der Waals surface area contributed by atoms with Crippen molar-refractivity contribution in [3.05, 3.63) is 29.5 Å². The summed E-state index contributed by atoms with van der Waals surface area (Å²) in [6, 6.07) is 1.85. The Bertz CT molecular complexity index is 713. The number of rotatable bonds is 5. The summed E-state index contributed by atoms with van der Waals surface area (Å²) in [6.07, 6.45) is 3.22. The van der Waals surface area contributed by atoms with Gasteiger partial charge in [-0.2, -0.15) is 5.10 Å². The van der Waals surface area contributed by atoms with Gasteiger partial charge in [0.15, 0.2) is 11.4 Å². The first-order chi connectivity index (χ1) is 9.74. The molecule has 20 heavy (non-hydrogen) atoms. The van der Waals surface area contributed by atoms with Gasteiger partial charge in [-0.1, -0.05) is 12.1 Å². The van der Waals surface area contributed by atoms with Gasteiger partial charge in [-0.15, -0.1) is 11.6 Å². The highest BCUT2D eigenvalue weighted by atomic mass is 35.5. The molecule has 3 aromatic rings. The minimum absolute atomic E-state index is 0.536. The van der Waals surface area contributed by atoms with Gasteiger partial charge in [-0.3, -0.25) is 4.68 Å². The Kier molecular flexibility index (Phi) is 3.48. The van der Waals surface area contributed by atoms with Gasteiger partial charge < -0.3 is 9.09 Å². The lowest BCUT2D eigenvalue weighted by atomic mass is 10.3. The third-order valence-corrected chi connectivity index (χ3v) is 3.52. The maximum absolute atomic E-state index is 5.89. The van der Waals surface area contributed by atoms with Crippen LogP contribution in [-0.2, 0) is 26.4 Å². The van der Waals surface area contributed by atoms with Gasteiger partial charge in [-0.25, -0.2) is 4.98 Å². The Hall–Kier alpha value is -1.82. The summed E-state index contributed by atoms with van der Waals surface area (Å²) in [5.74, 6) is 2.28. The summed E-state index contributed by atoms with van der Waals surface area (Å²) >= 11 is 5.89. The highest BCUT2D eigenvalue weighted by molar-refractivity contribution is 6.17. The quantitative estimate of drug-likeness (QED) is 0.676. The number of hydrogen-bond donors (Lipinski definition) is 0. The van der Waals surface area contributed by atoms with Crippen molar-refractivity contribution in [2.45, 2.75) is 26.3 Å².